The van der Waals surface area contributed by atoms with Crippen LogP contribution in [-0.4, -0.2) is 76.9 Å². The Morgan fingerprint density at radius 3 is 2.88 bits per heavy atom. The van der Waals surface area contributed by atoms with E-state index in [-0.39, 0.29) is 23.5 Å². The van der Waals surface area contributed by atoms with Crippen LogP contribution in [-0.2, 0) is 4.79 Å². The van der Waals surface area contributed by atoms with Gasteiger partial charge in [-0.25, -0.2) is 33.8 Å². The van der Waals surface area contributed by atoms with Gasteiger partial charge in [0.25, 0.3) is 0 Å². The number of benzene rings is 1. The van der Waals surface area contributed by atoms with Gasteiger partial charge < -0.3 is 19.9 Å². The summed E-state index contributed by atoms with van der Waals surface area (Å²) in [5, 5.41) is 7.12. The molecule has 0 bridgehead atoms. The lowest BCUT2D eigenvalue weighted by atomic mass is 10.1. The van der Waals surface area contributed by atoms with Crippen LogP contribution in [0, 0.1) is 12.7 Å². The van der Waals surface area contributed by atoms with Crippen LogP contribution < -0.4 is 15.0 Å². The number of carbonyl (C=O) groups excluding carboxylic acids is 1. The normalized spacial score (nSPS) is 15.6. The predicted molar refractivity (Wildman–Crippen MR) is 147 cm³/mol. The zero-order valence-corrected chi connectivity index (χ0v) is 22.4. The number of hydrogen-bond acceptors (Lipinski definition) is 10. The highest BCUT2D eigenvalue weighted by Gasteiger charge is 2.28. The molecule has 0 saturated carbocycles. The molecule has 1 saturated heterocycles. The minimum absolute atomic E-state index is 0.0504. The van der Waals surface area contributed by atoms with Crippen LogP contribution in [0.25, 0.3) is 16.7 Å². The van der Waals surface area contributed by atoms with Crippen molar-refractivity contribution < 1.29 is 13.9 Å². The second-order valence-electron chi connectivity index (χ2n) is 9.34. The fraction of sp³-hybridized carbons (Fsp3) is 0.269. The molecule has 12 nitrogen and oxygen atoms in total. The number of nitrogens with one attached hydrogen (secondary N) is 1. The van der Waals surface area contributed by atoms with E-state index >= 15 is 4.39 Å². The number of carbonyl (C=O) groups is 1. The molecule has 1 N–H and O–H groups in total. The second kappa shape index (κ2) is 10.5. The number of fused-ring (bicyclic) bond motifs is 2. The first-order valence-corrected chi connectivity index (χ1v) is 13.1. The summed E-state index contributed by atoms with van der Waals surface area (Å²) in [6.45, 7) is 5.20. The fourth-order valence-corrected chi connectivity index (χ4v) is 4.82. The van der Waals surface area contributed by atoms with Crippen LogP contribution in [0.5, 0.6) is 11.5 Å². The maximum absolute atomic E-state index is 15.5. The van der Waals surface area contributed by atoms with Gasteiger partial charge in [0.15, 0.2) is 17.3 Å². The quantitative estimate of drug-likeness (QED) is 0.306. The highest BCUT2D eigenvalue weighted by atomic mass is 35.5. The fourth-order valence-electron chi connectivity index (χ4n) is 4.66. The molecule has 4 aromatic heterocycles. The van der Waals surface area contributed by atoms with Gasteiger partial charge in [-0.05, 0) is 32.0 Å². The SMILES string of the molecule is Cc1c(Oc2ccn3ncnc3c2)ccc(Nc2ncnc3cnc(N4CCN(C(=O)CCl)[C@H](C)C4)nc23)c1F. The molecule has 0 unspecified atom stereocenters. The van der Waals surface area contributed by atoms with Crippen LogP contribution in [0.15, 0.2) is 49.3 Å². The Kier molecular flexibility index (Phi) is 6.72. The second-order valence-corrected chi connectivity index (χ2v) is 9.61. The van der Waals surface area contributed by atoms with Crippen molar-refractivity contribution in [2.75, 3.05) is 35.7 Å². The number of piperazine rings is 1. The van der Waals surface area contributed by atoms with E-state index in [9.17, 15) is 4.79 Å². The summed E-state index contributed by atoms with van der Waals surface area (Å²) in [5.41, 5.74) is 2.09. The summed E-state index contributed by atoms with van der Waals surface area (Å²) in [7, 11) is 0. The molecule has 1 amide bonds. The third-order valence-electron chi connectivity index (χ3n) is 6.78. The lowest BCUT2D eigenvalue weighted by Crippen LogP contribution is -2.54. The summed E-state index contributed by atoms with van der Waals surface area (Å²) < 4.78 is 23.0. The molecule has 0 spiro atoms. The van der Waals surface area contributed by atoms with E-state index in [1.165, 1.54) is 12.7 Å². The number of halogens is 2. The average Bonchev–Trinajstić information content (AvgIpc) is 3.44. The Balaban J connectivity index is 1.25. The van der Waals surface area contributed by atoms with Crippen molar-refractivity contribution >= 4 is 51.6 Å². The molecule has 0 radical (unpaired) electrons. The number of ether oxygens (including phenoxy) is 1. The van der Waals surface area contributed by atoms with Crippen LogP contribution in [0.3, 0.4) is 0 Å². The minimum Gasteiger partial charge on any atom is -0.457 e. The summed E-state index contributed by atoms with van der Waals surface area (Å²) in [4.78, 5) is 37.7. The molecule has 5 aromatic rings. The molecule has 5 heterocycles. The molecule has 1 fully saturated rings. The van der Waals surface area contributed by atoms with Crippen molar-refractivity contribution in [3.8, 4) is 11.5 Å². The van der Waals surface area contributed by atoms with Crippen LogP contribution in [0.4, 0.5) is 21.8 Å². The third kappa shape index (κ3) is 4.79. The number of rotatable bonds is 6. The van der Waals surface area contributed by atoms with Crippen molar-refractivity contribution in [3.05, 3.63) is 60.7 Å². The molecule has 1 atom stereocenters. The van der Waals surface area contributed by atoms with Gasteiger partial charge in [-0.3, -0.25) is 4.79 Å². The van der Waals surface area contributed by atoms with Crippen molar-refractivity contribution in [2.24, 2.45) is 0 Å². The number of anilines is 3. The summed E-state index contributed by atoms with van der Waals surface area (Å²) >= 11 is 5.75. The maximum atomic E-state index is 15.5. The van der Waals surface area contributed by atoms with Gasteiger partial charge in [-0.15, -0.1) is 11.6 Å². The maximum Gasteiger partial charge on any atom is 0.237 e. The van der Waals surface area contributed by atoms with Crippen molar-refractivity contribution in [2.45, 2.75) is 19.9 Å². The van der Waals surface area contributed by atoms with E-state index in [1.807, 2.05) is 11.8 Å². The Morgan fingerprint density at radius 2 is 2.05 bits per heavy atom. The van der Waals surface area contributed by atoms with E-state index in [0.29, 0.717) is 65.1 Å². The number of nitrogens with zero attached hydrogens (tertiary/aromatic N) is 9. The number of aromatic nitrogens is 7. The van der Waals surface area contributed by atoms with Gasteiger partial charge in [-0.2, -0.15) is 5.10 Å². The van der Waals surface area contributed by atoms with Crippen LogP contribution in [0.2, 0.25) is 0 Å². The van der Waals surface area contributed by atoms with Gasteiger partial charge in [0.1, 0.15) is 41.1 Å². The molecule has 1 aromatic carbocycles. The van der Waals surface area contributed by atoms with Gasteiger partial charge in [0.2, 0.25) is 11.9 Å². The molecular formula is C26H24ClFN10O2. The molecular weight excluding hydrogens is 539 g/mol. The van der Waals surface area contributed by atoms with Gasteiger partial charge in [0, 0.05) is 43.5 Å². The van der Waals surface area contributed by atoms with E-state index in [4.69, 9.17) is 21.3 Å². The Hall–Kier alpha value is -4.65. The van der Waals surface area contributed by atoms with Crippen molar-refractivity contribution in [1.82, 2.24) is 39.4 Å². The lowest BCUT2D eigenvalue weighted by molar-refractivity contribution is -0.130. The first-order valence-electron chi connectivity index (χ1n) is 12.5. The molecule has 204 valence electrons. The monoisotopic (exact) mass is 562 g/mol. The molecule has 1 aliphatic rings. The van der Waals surface area contributed by atoms with Crippen molar-refractivity contribution in [3.63, 3.8) is 0 Å². The number of alkyl halides is 1. The van der Waals surface area contributed by atoms with Gasteiger partial charge in [0.05, 0.1) is 11.9 Å². The van der Waals surface area contributed by atoms with Crippen molar-refractivity contribution in [1.29, 1.82) is 0 Å². The first kappa shape index (κ1) is 25.6. The Bertz CT molecular complexity index is 1730. The largest absolute Gasteiger partial charge is 0.457 e. The molecule has 14 heteroatoms. The van der Waals surface area contributed by atoms with Gasteiger partial charge >= 0.3 is 0 Å². The van der Waals surface area contributed by atoms with Gasteiger partial charge in [-0.1, -0.05) is 0 Å². The molecule has 6 rings (SSSR count). The lowest BCUT2D eigenvalue weighted by Gasteiger charge is -2.39. The van der Waals surface area contributed by atoms with Crippen LogP contribution in [0.1, 0.15) is 12.5 Å². The summed E-state index contributed by atoms with van der Waals surface area (Å²) in [5.74, 6) is 1.05. The van der Waals surface area contributed by atoms with E-state index < -0.39 is 5.82 Å². The highest BCUT2D eigenvalue weighted by molar-refractivity contribution is 6.27. The molecule has 40 heavy (non-hydrogen) atoms. The topological polar surface area (TPSA) is 127 Å². The van der Waals surface area contributed by atoms with E-state index in [2.05, 4.69) is 30.4 Å². The highest BCUT2D eigenvalue weighted by Crippen LogP contribution is 2.33. The summed E-state index contributed by atoms with van der Waals surface area (Å²) in [6.07, 6.45) is 6.14. The standard InChI is InChI=1S/C26H24ClFN10O2/c1-15-12-36(7-8-37(15)22(39)10-27)26-29-11-19-24(35-26)25(32-13-30-19)34-18-3-4-20(16(2)23(18)28)40-17-5-6-38-21(9-17)31-14-33-38/h3-6,9,11,13-15H,7-8,10,12H2,1-2H3,(H,30,32,34)/t15-/m1/s1. The average molecular weight is 563 g/mol. The summed E-state index contributed by atoms with van der Waals surface area (Å²) in [6, 6.07) is 6.66. The number of amides is 1. The molecule has 1 aliphatic heterocycles. The molecule has 0 aliphatic carbocycles. The van der Waals surface area contributed by atoms with Crippen LogP contribution >= 0.6 is 11.6 Å². The Morgan fingerprint density at radius 1 is 1.18 bits per heavy atom. The number of hydrogen-bond donors (Lipinski definition) is 1. The Labute approximate surface area is 232 Å². The zero-order valence-electron chi connectivity index (χ0n) is 21.6. The van der Waals surface area contributed by atoms with E-state index in [1.54, 1.807) is 53.0 Å². The first-order chi connectivity index (χ1) is 19.4. The smallest absolute Gasteiger partial charge is 0.237 e. The number of pyridine rings is 1. The predicted octanol–water partition coefficient (Wildman–Crippen LogP) is 3.72. The third-order valence-corrected chi connectivity index (χ3v) is 7.01. The minimum atomic E-state index is -0.490. The van der Waals surface area contributed by atoms with E-state index in [0.717, 1.165) is 0 Å². The zero-order chi connectivity index (χ0) is 27.8.